The largest absolute Gasteiger partial charge is 0.370 e. The number of benzene rings is 2. The Bertz CT molecular complexity index is 906. The van der Waals surface area contributed by atoms with Crippen LogP contribution in [0.25, 0.3) is 5.69 Å². The molecule has 0 aliphatic heterocycles. The standard InChI is InChI=1S/C19H19Cl2N5/c1-13(16-7-6-15(20)10-17(16)21)25-19(22)24-11-14-4-2-3-5-18(14)26-9-8-23-12-26/h2-10,12-13H,11H2,1H3,(H3,22,24,25). The highest BCUT2D eigenvalue weighted by Gasteiger charge is 2.11. The minimum Gasteiger partial charge on any atom is -0.370 e. The summed E-state index contributed by atoms with van der Waals surface area (Å²) < 4.78 is 1.95. The van der Waals surface area contributed by atoms with E-state index in [9.17, 15) is 0 Å². The van der Waals surface area contributed by atoms with Gasteiger partial charge in [0.05, 0.1) is 24.6 Å². The van der Waals surface area contributed by atoms with Gasteiger partial charge in [-0.15, -0.1) is 0 Å². The quantitative estimate of drug-likeness (QED) is 0.505. The molecule has 0 saturated heterocycles. The topological polar surface area (TPSA) is 68.2 Å². The average molecular weight is 388 g/mol. The second-order valence-corrected chi connectivity index (χ2v) is 6.68. The fourth-order valence-electron chi connectivity index (χ4n) is 2.67. The highest BCUT2D eigenvalue weighted by Crippen LogP contribution is 2.26. The van der Waals surface area contributed by atoms with Gasteiger partial charge in [0, 0.05) is 22.4 Å². The molecule has 0 bridgehead atoms. The van der Waals surface area contributed by atoms with E-state index in [0.717, 1.165) is 16.8 Å². The first-order chi connectivity index (χ1) is 12.5. The first-order valence-electron chi connectivity index (χ1n) is 8.12. The number of guanidine groups is 1. The number of aromatic nitrogens is 2. The Morgan fingerprint density at radius 2 is 2.08 bits per heavy atom. The highest BCUT2D eigenvalue weighted by molar-refractivity contribution is 6.35. The molecule has 2 aromatic carbocycles. The van der Waals surface area contributed by atoms with Crippen molar-refractivity contribution in [2.75, 3.05) is 0 Å². The predicted molar refractivity (Wildman–Crippen MR) is 107 cm³/mol. The van der Waals surface area contributed by atoms with E-state index >= 15 is 0 Å². The smallest absolute Gasteiger partial charge is 0.189 e. The Morgan fingerprint density at radius 1 is 1.27 bits per heavy atom. The summed E-state index contributed by atoms with van der Waals surface area (Å²) in [6.07, 6.45) is 5.40. The third-order valence-electron chi connectivity index (χ3n) is 3.99. The number of aliphatic imine (C=N–C) groups is 1. The second-order valence-electron chi connectivity index (χ2n) is 5.83. The highest BCUT2D eigenvalue weighted by atomic mass is 35.5. The van der Waals surface area contributed by atoms with Gasteiger partial charge in [0.25, 0.3) is 0 Å². The zero-order valence-electron chi connectivity index (χ0n) is 14.2. The molecule has 0 fully saturated rings. The molecule has 1 aromatic heterocycles. The van der Waals surface area contributed by atoms with Crippen LogP contribution in [0.1, 0.15) is 24.1 Å². The first kappa shape index (κ1) is 18.3. The van der Waals surface area contributed by atoms with Gasteiger partial charge < -0.3 is 15.6 Å². The molecule has 0 amide bonds. The number of rotatable bonds is 5. The summed E-state index contributed by atoms with van der Waals surface area (Å²) in [6.45, 7) is 2.42. The molecule has 1 atom stereocenters. The van der Waals surface area contributed by atoms with Gasteiger partial charge in [-0.3, -0.25) is 0 Å². The lowest BCUT2D eigenvalue weighted by Crippen LogP contribution is -2.34. The van der Waals surface area contributed by atoms with Crippen LogP contribution in [-0.4, -0.2) is 15.5 Å². The van der Waals surface area contributed by atoms with Gasteiger partial charge in [0.15, 0.2) is 5.96 Å². The van der Waals surface area contributed by atoms with Crippen molar-refractivity contribution in [2.24, 2.45) is 10.7 Å². The molecule has 3 N–H and O–H groups in total. The molecular formula is C19H19Cl2N5. The first-order valence-corrected chi connectivity index (χ1v) is 8.88. The second kappa shape index (κ2) is 8.25. The fourth-order valence-corrected chi connectivity index (χ4v) is 3.24. The summed E-state index contributed by atoms with van der Waals surface area (Å²) in [6, 6.07) is 13.3. The van der Waals surface area contributed by atoms with Gasteiger partial charge in [0.1, 0.15) is 0 Å². The number of nitrogens with two attached hydrogens (primary N) is 1. The normalized spacial score (nSPS) is 12.8. The molecule has 7 heteroatoms. The molecule has 134 valence electrons. The van der Waals surface area contributed by atoms with Crippen molar-refractivity contribution in [1.29, 1.82) is 0 Å². The Balaban J connectivity index is 1.71. The number of para-hydroxylation sites is 1. The van der Waals surface area contributed by atoms with Crippen LogP contribution in [0.4, 0.5) is 0 Å². The van der Waals surface area contributed by atoms with E-state index in [2.05, 4.69) is 15.3 Å². The zero-order chi connectivity index (χ0) is 18.5. The molecule has 0 spiro atoms. The van der Waals surface area contributed by atoms with Crippen LogP contribution in [0.5, 0.6) is 0 Å². The van der Waals surface area contributed by atoms with Crippen LogP contribution in [0.3, 0.4) is 0 Å². The maximum Gasteiger partial charge on any atom is 0.189 e. The Labute approximate surface area is 162 Å². The van der Waals surface area contributed by atoms with E-state index in [4.69, 9.17) is 28.9 Å². The third-order valence-corrected chi connectivity index (χ3v) is 4.55. The van der Waals surface area contributed by atoms with Gasteiger partial charge in [-0.1, -0.05) is 47.5 Å². The van der Waals surface area contributed by atoms with Crippen molar-refractivity contribution >= 4 is 29.2 Å². The fraction of sp³-hybridized carbons (Fsp3) is 0.158. The van der Waals surface area contributed by atoms with Crippen LogP contribution in [0, 0.1) is 0 Å². The summed E-state index contributed by atoms with van der Waals surface area (Å²) in [4.78, 5) is 8.55. The van der Waals surface area contributed by atoms with Crippen molar-refractivity contribution in [3.8, 4) is 5.69 Å². The number of halogens is 2. The third kappa shape index (κ3) is 4.36. The van der Waals surface area contributed by atoms with E-state index in [1.807, 2.05) is 48.0 Å². The Kier molecular flexibility index (Phi) is 5.81. The zero-order valence-corrected chi connectivity index (χ0v) is 15.7. The molecule has 3 rings (SSSR count). The van der Waals surface area contributed by atoms with Crippen molar-refractivity contribution in [1.82, 2.24) is 14.9 Å². The van der Waals surface area contributed by atoms with Crippen LogP contribution in [0.15, 0.2) is 66.2 Å². The lowest BCUT2D eigenvalue weighted by molar-refractivity contribution is 0.708. The lowest BCUT2D eigenvalue weighted by Gasteiger charge is -2.16. The van der Waals surface area contributed by atoms with Gasteiger partial charge >= 0.3 is 0 Å². The molecule has 0 aliphatic rings. The molecule has 26 heavy (non-hydrogen) atoms. The van der Waals surface area contributed by atoms with E-state index in [0.29, 0.717) is 22.5 Å². The van der Waals surface area contributed by atoms with E-state index in [1.165, 1.54) is 0 Å². The maximum absolute atomic E-state index is 6.24. The summed E-state index contributed by atoms with van der Waals surface area (Å²) in [5, 5.41) is 4.36. The number of nitrogens with one attached hydrogen (secondary N) is 1. The van der Waals surface area contributed by atoms with E-state index in [1.54, 1.807) is 24.7 Å². The predicted octanol–water partition coefficient (Wildman–Crippen LogP) is 4.34. The minimum absolute atomic E-state index is 0.0904. The summed E-state index contributed by atoms with van der Waals surface area (Å²) in [7, 11) is 0. The molecule has 1 heterocycles. The molecule has 0 radical (unpaired) electrons. The van der Waals surface area contributed by atoms with E-state index < -0.39 is 0 Å². The monoisotopic (exact) mass is 387 g/mol. The molecule has 0 saturated carbocycles. The van der Waals surface area contributed by atoms with Gasteiger partial charge in [-0.25, -0.2) is 9.98 Å². The minimum atomic E-state index is -0.0904. The maximum atomic E-state index is 6.24. The Morgan fingerprint density at radius 3 is 2.81 bits per heavy atom. The van der Waals surface area contributed by atoms with Crippen LogP contribution >= 0.6 is 23.2 Å². The van der Waals surface area contributed by atoms with Crippen molar-refractivity contribution in [2.45, 2.75) is 19.5 Å². The van der Waals surface area contributed by atoms with Crippen LogP contribution in [0.2, 0.25) is 10.0 Å². The van der Waals surface area contributed by atoms with Gasteiger partial charge in [-0.05, 0) is 36.2 Å². The van der Waals surface area contributed by atoms with Crippen molar-refractivity contribution in [3.05, 3.63) is 82.4 Å². The summed E-state index contributed by atoms with van der Waals surface area (Å²) in [5.74, 6) is 0.351. The van der Waals surface area contributed by atoms with Crippen LogP contribution in [-0.2, 0) is 6.54 Å². The number of imidazole rings is 1. The van der Waals surface area contributed by atoms with E-state index in [-0.39, 0.29) is 6.04 Å². The summed E-state index contributed by atoms with van der Waals surface area (Å²) in [5.41, 5.74) is 9.04. The van der Waals surface area contributed by atoms with Gasteiger partial charge in [0.2, 0.25) is 0 Å². The number of nitrogens with zero attached hydrogens (tertiary/aromatic N) is 3. The molecule has 1 unspecified atom stereocenters. The molecule has 5 nitrogen and oxygen atoms in total. The molecule has 3 aromatic rings. The van der Waals surface area contributed by atoms with Crippen molar-refractivity contribution < 1.29 is 0 Å². The number of hydrogen-bond donors (Lipinski definition) is 2. The molecule has 0 aliphatic carbocycles. The number of hydrogen-bond acceptors (Lipinski definition) is 2. The average Bonchev–Trinajstić information content (AvgIpc) is 3.14. The van der Waals surface area contributed by atoms with Crippen molar-refractivity contribution in [3.63, 3.8) is 0 Å². The lowest BCUT2D eigenvalue weighted by atomic mass is 10.1. The Hall–Kier alpha value is -2.50. The van der Waals surface area contributed by atoms with Crippen LogP contribution < -0.4 is 11.1 Å². The molecular weight excluding hydrogens is 369 g/mol. The summed E-state index contributed by atoms with van der Waals surface area (Å²) >= 11 is 12.2. The SMILES string of the molecule is CC(NC(N)=NCc1ccccc1-n1ccnc1)c1ccc(Cl)cc1Cl. The van der Waals surface area contributed by atoms with Gasteiger partial charge in [-0.2, -0.15) is 0 Å².